The number of carbonyl (C=O) groups is 1. The molecular formula is C24H46N2O2. The number of carbonyl (C=O) groups excluding carboxylic acids is 1. The van der Waals surface area contributed by atoms with E-state index < -0.39 is 6.23 Å². The lowest BCUT2D eigenvalue weighted by Crippen LogP contribution is -2.63. The number of piperidine rings is 1. The van der Waals surface area contributed by atoms with E-state index in [1.807, 2.05) is 4.90 Å². The fraction of sp³-hybridized carbons (Fsp3) is 0.958. The van der Waals surface area contributed by atoms with E-state index in [0.717, 1.165) is 32.1 Å². The van der Waals surface area contributed by atoms with Crippen molar-refractivity contribution in [3.63, 3.8) is 0 Å². The Morgan fingerprint density at radius 1 is 1.07 bits per heavy atom. The van der Waals surface area contributed by atoms with Crippen LogP contribution < -0.4 is 5.32 Å². The van der Waals surface area contributed by atoms with Crippen molar-refractivity contribution >= 4 is 5.91 Å². The molecule has 2 aliphatic heterocycles. The molecule has 2 heterocycles. The summed E-state index contributed by atoms with van der Waals surface area (Å²) in [5, 5.41) is 15.1. The fourth-order valence-electron chi connectivity index (χ4n) is 5.79. The molecule has 0 saturated carbocycles. The van der Waals surface area contributed by atoms with Crippen LogP contribution in [0.1, 0.15) is 101 Å². The molecule has 3 atom stereocenters. The van der Waals surface area contributed by atoms with Crippen molar-refractivity contribution in [2.45, 2.75) is 125 Å². The molecule has 2 fully saturated rings. The quantitative estimate of drug-likeness (QED) is 0.693. The Morgan fingerprint density at radius 3 is 2.00 bits per heavy atom. The van der Waals surface area contributed by atoms with Gasteiger partial charge in [-0.15, -0.1) is 0 Å². The number of rotatable bonds is 5. The highest BCUT2D eigenvalue weighted by atomic mass is 16.3. The van der Waals surface area contributed by atoms with Crippen LogP contribution in [0.15, 0.2) is 0 Å². The Balaban J connectivity index is 2.32. The third-order valence-electron chi connectivity index (χ3n) is 7.26. The molecule has 2 saturated heterocycles. The van der Waals surface area contributed by atoms with Crippen LogP contribution in [-0.2, 0) is 4.79 Å². The summed E-state index contributed by atoms with van der Waals surface area (Å²) in [5.74, 6) is 0.0773. The van der Waals surface area contributed by atoms with Gasteiger partial charge in [0.05, 0.1) is 0 Å². The van der Waals surface area contributed by atoms with E-state index in [1.54, 1.807) is 0 Å². The van der Waals surface area contributed by atoms with Gasteiger partial charge in [-0.3, -0.25) is 4.79 Å². The van der Waals surface area contributed by atoms with E-state index >= 15 is 0 Å². The molecule has 2 aliphatic rings. The molecule has 28 heavy (non-hydrogen) atoms. The van der Waals surface area contributed by atoms with E-state index in [9.17, 15) is 9.90 Å². The number of likely N-dealkylation sites (tertiary alicyclic amines) is 1. The predicted molar refractivity (Wildman–Crippen MR) is 117 cm³/mol. The maximum absolute atomic E-state index is 13.6. The first-order valence-electron chi connectivity index (χ1n) is 11.3. The van der Waals surface area contributed by atoms with Crippen molar-refractivity contribution in [2.75, 3.05) is 0 Å². The van der Waals surface area contributed by atoms with Gasteiger partial charge in [0.2, 0.25) is 5.91 Å². The second-order valence-corrected chi connectivity index (χ2v) is 12.7. The maximum Gasteiger partial charge on any atom is 0.228 e. The minimum Gasteiger partial charge on any atom is -0.373 e. The molecule has 4 nitrogen and oxygen atoms in total. The van der Waals surface area contributed by atoms with Gasteiger partial charge in [0.1, 0.15) is 6.23 Å². The fourth-order valence-corrected chi connectivity index (χ4v) is 5.79. The molecule has 2 N–H and O–H groups in total. The van der Waals surface area contributed by atoms with Crippen LogP contribution in [0.2, 0.25) is 0 Å². The first-order valence-corrected chi connectivity index (χ1v) is 11.3. The van der Waals surface area contributed by atoms with E-state index in [-0.39, 0.29) is 45.7 Å². The summed E-state index contributed by atoms with van der Waals surface area (Å²) in [6.07, 6.45) is 4.07. The lowest BCUT2D eigenvalue weighted by atomic mass is 9.70. The van der Waals surface area contributed by atoms with Gasteiger partial charge in [-0.1, -0.05) is 48.0 Å². The van der Waals surface area contributed by atoms with E-state index in [2.05, 4.69) is 74.6 Å². The summed E-state index contributed by atoms with van der Waals surface area (Å²) in [4.78, 5) is 15.5. The van der Waals surface area contributed by atoms with Gasteiger partial charge in [0.25, 0.3) is 0 Å². The Hall–Kier alpha value is -0.610. The van der Waals surface area contributed by atoms with Crippen LogP contribution in [0.5, 0.6) is 0 Å². The SMILES string of the molecule is CCC(C)(C)CCC1C(=O)N(C2CC(C)(C)NC(C)(C)C2)C(O)C1C(C)(C)C. The minimum atomic E-state index is -0.683. The van der Waals surface area contributed by atoms with E-state index in [4.69, 9.17) is 0 Å². The van der Waals surface area contributed by atoms with Crippen LogP contribution >= 0.6 is 0 Å². The number of amides is 1. The molecular weight excluding hydrogens is 348 g/mol. The first kappa shape index (κ1) is 23.7. The summed E-state index contributed by atoms with van der Waals surface area (Å²) in [5.41, 5.74) is 0.0283. The molecule has 0 aliphatic carbocycles. The number of nitrogens with one attached hydrogen (secondary N) is 1. The second kappa shape index (κ2) is 7.58. The third-order valence-corrected chi connectivity index (χ3v) is 7.26. The van der Waals surface area contributed by atoms with Gasteiger partial charge in [0.15, 0.2) is 0 Å². The Labute approximate surface area is 173 Å². The molecule has 0 aromatic rings. The average Bonchev–Trinajstić information content (AvgIpc) is 2.72. The summed E-state index contributed by atoms with van der Waals surface area (Å²) in [6, 6.07) is 0.0859. The van der Waals surface area contributed by atoms with Crippen LogP contribution in [0.25, 0.3) is 0 Å². The number of aliphatic hydroxyl groups excluding tert-OH is 1. The third kappa shape index (κ3) is 5.11. The summed E-state index contributed by atoms with van der Waals surface area (Å²) in [6.45, 7) is 22.1. The number of hydrogen-bond acceptors (Lipinski definition) is 3. The minimum absolute atomic E-state index is 0.0197. The van der Waals surface area contributed by atoms with Crippen LogP contribution in [0.3, 0.4) is 0 Å². The highest BCUT2D eigenvalue weighted by Gasteiger charge is 2.55. The zero-order valence-corrected chi connectivity index (χ0v) is 20.1. The van der Waals surface area contributed by atoms with Crippen LogP contribution in [0.4, 0.5) is 0 Å². The monoisotopic (exact) mass is 394 g/mol. The van der Waals surface area contributed by atoms with E-state index in [1.165, 1.54) is 0 Å². The zero-order chi connectivity index (χ0) is 21.7. The van der Waals surface area contributed by atoms with Crippen molar-refractivity contribution in [1.82, 2.24) is 10.2 Å². The molecule has 164 valence electrons. The maximum atomic E-state index is 13.6. The zero-order valence-electron chi connectivity index (χ0n) is 20.1. The van der Waals surface area contributed by atoms with Crippen molar-refractivity contribution < 1.29 is 9.90 Å². The topological polar surface area (TPSA) is 52.6 Å². The molecule has 0 spiro atoms. The summed E-state index contributed by atoms with van der Waals surface area (Å²) in [7, 11) is 0. The van der Waals surface area contributed by atoms with Gasteiger partial charge in [-0.05, 0) is 64.2 Å². The molecule has 0 radical (unpaired) electrons. The van der Waals surface area contributed by atoms with Crippen molar-refractivity contribution in [3.05, 3.63) is 0 Å². The van der Waals surface area contributed by atoms with Gasteiger partial charge >= 0.3 is 0 Å². The lowest BCUT2D eigenvalue weighted by Gasteiger charge is -2.49. The van der Waals surface area contributed by atoms with Gasteiger partial charge in [-0.2, -0.15) is 0 Å². The van der Waals surface area contributed by atoms with Crippen molar-refractivity contribution in [1.29, 1.82) is 0 Å². The second-order valence-electron chi connectivity index (χ2n) is 12.7. The van der Waals surface area contributed by atoms with Gasteiger partial charge in [0, 0.05) is 29.0 Å². The van der Waals surface area contributed by atoms with Crippen LogP contribution in [-0.4, -0.2) is 39.3 Å². The number of nitrogens with zero attached hydrogens (tertiary/aromatic N) is 1. The normalized spacial score (nSPS) is 31.5. The molecule has 2 rings (SSSR count). The Morgan fingerprint density at radius 2 is 1.57 bits per heavy atom. The molecule has 0 aromatic heterocycles. The molecule has 0 aromatic carbocycles. The Bertz CT molecular complexity index is 558. The van der Waals surface area contributed by atoms with Gasteiger partial charge < -0.3 is 15.3 Å². The molecule has 3 unspecified atom stereocenters. The number of hydrogen-bond donors (Lipinski definition) is 2. The summed E-state index contributed by atoms with van der Waals surface area (Å²) >= 11 is 0. The van der Waals surface area contributed by atoms with Crippen molar-refractivity contribution in [2.24, 2.45) is 22.7 Å². The lowest BCUT2D eigenvalue weighted by molar-refractivity contribution is -0.142. The van der Waals surface area contributed by atoms with Gasteiger partial charge in [-0.25, -0.2) is 0 Å². The average molecular weight is 395 g/mol. The largest absolute Gasteiger partial charge is 0.373 e. The van der Waals surface area contributed by atoms with Crippen LogP contribution in [0, 0.1) is 22.7 Å². The highest BCUT2D eigenvalue weighted by Crippen LogP contribution is 2.48. The standard InChI is InChI=1S/C24H46N2O2/c1-11-22(5,6)13-12-17-18(21(2,3)4)20(28)26(19(17)27)16-14-23(7,8)25-24(9,10)15-16/h16-18,20,25,28H,11-15H2,1-10H3. The first-order chi connectivity index (χ1) is 12.5. The predicted octanol–water partition coefficient (Wildman–Crippen LogP) is 4.95. The van der Waals surface area contributed by atoms with Crippen molar-refractivity contribution in [3.8, 4) is 0 Å². The Kier molecular flexibility index (Phi) is 6.40. The highest BCUT2D eigenvalue weighted by molar-refractivity contribution is 5.82. The molecule has 0 bridgehead atoms. The molecule has 1 amide bonds. The smallest absolute Gasteiger partial charge is 0.228 e. The van der Waals surface area contributed by atoms with E-state index in [0.29, 0.717) is 0 Å². The molecule has 4 heteroatoms. The number of aliphatic hydroxyl groups is 1. The summed E-state index contributed by atoms with van der Waals surface area (Å²) < 4.78 is 0.